The fraction of sp³-hybridized carbons (Fsp3) is 0.364. The van der Waals surface area contributed by atoms with Gasteiger partial charge in [-0.3, -0.25) is 4.79 Å². The Kier molecular flexibility index (Phi) is 5.81. The molecule has 0 saturated carbocycles. The number of benzene rings is 2. The van der Waals surface area contributed by atoms with Crippen LogP contribution < -0.4 is 5.32 Å². The van der Waals surface area contributed by atoms with E-state index in [4.69, 9.17) is 4.84 Å². The maximum absolute atomic E-state index is 14.1. The Bertz CT molecular complexity index is 1120. The lowest BCUT2D eigenvalue weighted by molar-refractivity contribution is -0.115. The average molecular weight is 446 g/mol. The molecule has 0 aromatic heterocycles. The van der Waals surface area contributed by atoms with Crippen molar-refractivity contribution in [2.75, 3.05) is 13.1 Å². The summed E-state index contributed by atoms with van der Waals surface area (Å²) in [5.41, 5.74) is 1.43. The van der Waals surface area contributed by atoms with E-state index < -0.39 is 21.4 Å². The van der Waals surface area contributed by atoms with Crippen molar-refractivity contribution in [3.63, 3.8) is 0 Å². The quantitative estimate of drug-likeness (QED) is 0.767. The minimum atomic E-state index is -4.02. The molecule has 1 atom stereocenters. The number of rotatable bonds is 5. The largest absolute Gasteiger partial charge is 0.387 e. The molecule has 164 valence electrons. The highest BCUT2D eigenvalue weighted by Crippen LogP contribution is 2.36. The van der Waals surface area contributed by atoms with Crippen LogP contribution in [0.15, 0.2) is 58.6 Å². The first-order valence-corrected chi connectivity index (χ1v) is 11.6. The minimum Gasteiger partial charge on any atom is -0.387 e. The molecule has 2 aromatic rings. The van der Waals surface area contributed by atoms with E-state index in [1.807, 2.05) is 31.2 Å². The fourth-order valence-corrected chi connectivity index (χ4v) is 5.53. The van der Waals surface area contributed by atoms with Crippen molar-refractivity contribution in [2.45, 2.75) is 43.2 Å². The second-order valence-corrected chi connectivity index (χ2v) is 9.94. The van der Waals surface area contributed by atoms with Crippen molar-refractivity contribution in [3.8, 4) is 0 Å². The molecule has 0 bridgehead atoms. The zero-order valence-electron chi connectivity index (χ0n) is 17.2. The van der Waals surface area contributed by atoms with E-state index in [-0.39, 0.29) is 36.0 Å². The van der Waals surface area contributed by atoms with Gasteiger partial charge in [-0.05, 0) is 37.5 Å². The van der Waals surface area contributed by atoms with Gasteiger partial charge in [0.1, 0.15) is 16.4 Å². The summed E-state index contributed by atoms with van der Waals surface area (Å²) in [7, 11) is -4.02. The van der Waals surface area contributed by atoms with Gasteiger partial charge in [0.05, 0.1) is 6.54 Å². The topological polar surface area (TPSA) is 88.1 Å². The number of sulfonamides is 1. The van der Waals surface area contributed by atoms with Crippen LogP contribution in [0.4, 0.5) is 4.39 Å². The second-order valence-electron chi connectivity index (χ2n) is 8.03. The summed E-state index contributed by atoms with van der Waals surface area (Å²) in [4.78, 5) is 17.8. The van der Waals surface area contributed by atoms with Crippen molar-refractivity contribution in [1.82, 2.24) is 9.62 Å². The lowest BCUT2D eigenvalue weighted by atomic mass is 9.89. The highest BCUT2D eigenvalue weighted by Gasteiger charge is 2.47. The number of piperidine rings is 1. The number of nitrogens with one attached hydrogen (secondary N) is 1. The van der Waals surface area contributed by atoms with Crippen LogP contribution in [0, 0.1) is 12.7 Å². The molecular formula is C22H24FN3O4S. The third-order valence-corrected chi connectivity index (χ3v) is 7.51. The predicted octanol–water partition coefficient (Wildman–Crippen LogP) is 2.75. The molecule has 9 heteroatoms. The number of oxime groups is 1. The van der Waals surface area contributed by atoms with Gasteiger partial charge in [-0.15, -0.1) is 0 Å². The summed E-state index contributed by atoms with van der Waals surface area (Å²) in [6, 6.07) is 13.1. The van der Waals surface area contributed by atoms with E-state index in [0.29, 0.717) is 19.4 Å². The monoisotopic (exact) mass is 445 g/mol. The van der Waals surface area contributed by atoms with Crippen LogP contribution in [0.5, 0.6) is 0 Å². The van der Waals surface area contributed by atoms with Crippen molar-refractivity contribution in [3.05, 3.63) is 65.5 Å². The smallest absolute Gasteiger partial charge is 0.269 e. The van der Waals surface area contributed by atoms with Crippen LogP contribution >= 0.6 is 0 Å². The summed E-state index contributed by atoms with van der Waals surface area (Å²) in [5.74, 6) is -1.13. The third-order valence-electron chi connectivity index (χ3n) is 5.63. The molecule has 1 fully saturated rings. The Morgan fingerprint density at radius 2 is 1.97 bits per heavy atom. The maximum Gasteiger partial charge on any atom is 0.269 e. The molecule has 2 aliphatic rings. The number of carbonyl (C=O) groups is 1. The van der Waals surface area contributed by atoms with Gasteiger partial charge in [-0.1, -0.05) is 47.1 Å². The van der Waals surface area contributed by atoms with Crippen molar-refractivity contribution in [2.24, 2.45) is 5.16 Å². The van der Waals surface area contributed by atoms with E-state index in [1.54, 1.807) is 0 Å². The van der Waals surface area contributed by atoms with Gasteiger partial charge in [0.2, 0.25) is 10.0 Å². The third kappa shape index (κ3) is 4.47. The number of amides is 1. The van der Waals surface area contributed by atoms with Crippen LogP contribution in [0.25, 0.3) is 0 Å². The van der Waals surface area contributed by atoms with E-state index in [2.05, 4.69) is 10.5 Å². The highest BCUT2D eigenvalue weighted by atomic mass is 32.2. The highest BCUT2D eigenvalue weighted by molar-refractivity contribution is 7.89. The maximum atomic E-state index is 14.1. The molecule has 1 spiro atoms. The lowest BCUT2D eigenvalue weighted by Crippen LogP contribution is -2.51. The first-order valence-electron chi connectivity index (χ1n) is 10.1. The van der Waals surface area contributed by atoms with E-state index in [9.17, 15) is 17.6 Å². The molecule has 1 saturated heterocycles. The first kappa shape index (κ1) is 21.5. The molecule has 7 nitrogen and oxygen atoms in total. The molecule has 2 aliphatic heterocycles. The van der Waals surface area contributed by atoms with Gasteiger partial charge in [-0.25, -0.2) is 12.8 Å². The summed E-state index contributed by atoms with van der Waals surface area (Å²) >= 11 is 0. The number of nitrogens with zero attached hydrogens (tertiary/aromatic N) is 2. The summed E-state index contributed by atoms with van der Waals surface area (Å²) in [5, 5.41) is 6.78. The van der Waals surface area contributed by atoms with Gasteiger partial charge in [-0.2, -0.15) is 4.31 Å². The summed E-state index contributed by atoms with van der Waals surface area (Å²) in [6.45, 7) is 2.63. The predicted molar refractivity (Wildman–Crippen MR) is 113 cm³/mol. The van der Waals surface area contributed by atoms with E-state index in [0.717, 1.165) is 17.2 Å². The molecular weight excluding hydrogens is 421 g/mol. The molecule has 31 heavy (non-hydrogen) atoms. The molecule has 2 aromatic carbocycles. The number of halogens is 1. The summed E-state index contributed by atoms with van der Waals surface area (Å²) < 4.78 is 41.3. The fourth-order valence-electron chi connectivity index (χ4n) is 3.91. The van der Waals surface area contributed by atoms with Gasteiger partial charge in [0.15, 0.2) is 5.60 Å². The van der Waals surface area contributed by atoms with Crippen LogP contribution in [0.3, 0.4) is 0 Å². The van der Waals surface area contributed by atoms with Gasteiger partial charge >= 0.3 is 0 Å². The van der Waals surface area contributed by atoms with Gasteiger partial charge < -0.3 is 10.2 Å². The van der Waals surface area contributed by atoms with Crippen LogP contribution in [0.1, 0.15) is 30.4 Å². The average Bonchev–Trinajstić information content (AvgIpc) is 3.16. The number of carbonyl (C=O) groups excluding carboxylic acids is 1. The molecule has 0 aliphatic carbocycles. The SMILES string of the molecule is Cc1ccc(CNC(=O)C2=NOC3(CCCN(S(=O)(=O)c4ccccc4F)C3)C2)cc1. The summed E-state index contributed by atoms with van der Waals surface area (Å²) in [6.07, 6.45) is 1.30. The second kappa shape index (κ2) is 8.39. The van der Waals surface area contributed by atoms with E-state index in [1.165, 1.54) is 22.5 Å². The van der Waals surface area contributed by atoms with Gasteiger partial charge in [0, 0.05) is 19.5 Å². The molecule has 1 N–H and O–H groups in total. The lowest BCUT2D eigenvalue weighted by Gasteiger charge is -2.37. The molecule has 2 heterocycles. The normalized spacial score (nSPS) is 21.5. The van der Waals surface area contributed by atoms with Crippen LogP contribution in [0.2, 0.25) is 0 Å². The molecule has 1 unspecified atom stereocenters. The first-order chi connectivity index (χ1) is 14.8. The Labute approximate surface area is 180 Å². The Morgan fingerprint density at radius 3 is 2.71 bits per heavy atom. The Balaban J connectivity index is 1.41. The van der Waals surface area contributed by atoms with E-state index >= 15 is 0 Å². The van der Waals surface area contributed by atoms with Crippen molar-refractivity contribution < 1.29 is 22.4 Å². The Morgan fingerprint density at radius 1 is 1.23 bits per heavy atom. The molecule has 4 rings (SSSR count). The number of hydrogen-bond donors (Lipinski definition) is 1. The Hall–Kier alpha value is -2.78. The van der Waals surface area contributed by atoms with Crippen LogP contribution in [-0.4, -0.2) is 43.0 Å². The minimum absolute atomic E-state index is 0.0158. The van der Waals surface area contributed by atoms with Crippen LogP contribution in [-0.2, 0) is 26.2 Å². The zero-order valence-corrected chi connectivity index (χ0v) is 18.0. The number of hydrogen-bond acceptors (Lipinski definition) is 5. The van der Waals surface area contributed by atoms with Crippen molar-refractivity contribution >= 4 is 21.6 Å². The zero-order chi connectivity index (χ0) is 22.1. The van der Waals surface area contributed by atoms with Gasteiger partial charge in [0.25, 0.3) is 5.91 Å². The molecule has 0 radical (unpaired) electrons. The standard InChI is InChI=1S/C22H24FN3O4S/c1-16-7-9-17(10-8-16)14-24-21(27)19-13-22(30-25-19)11-4-12-26(15-22)31(28,29)20-6-3-2-5-18(20)23/h2-3,5-10H,4,11-15H2,1H3,(H,24,27). The molecule has 1 amide bonds. The number of aryl methyl sites for hydroxylation is 1. The van der Waals surface area contributed by atoms with Crippen molar-refractivity contribution in [1.29, 1.82) is 0 Å².